The van der Waals surface area contributed by atoms with Crippen molar-refractivity contribution in [3.05, 3.63) is 0 Å². The van der Waals surface area contributed by atoms with Gasteiger partial charge in [0.05, 0.1) is 0 Å². The average Bonchev–Trinajstić information content (AvgIpc) is 2.50. The fourth-order valence-electron chi connectivity index (χ4n) is 1.91. The van der Waals surface area contributed by atoms with Gasteiger partial charge in [-0.2, -0.15) is 0 Å². The molecule has 0 fully saturated rings. The number of hydrogen-bond donors (Lipinski definition) is 3. The third kappa shape index (κ3) is 7.12. The molecule has 0 aromatic heterocycles. The molecule has 0 saturated carbocycles. The number of amides is 5. The van der Waals surface area contributed by atoms with Crippen LogP contribution in [0.1, 0.15) is 40.5 Å². The second kappa shape index (κ2) is 9.81. The van der Waals surface area contributed by atoms with Crippen LogP contribution in [0.5, 0.6) is 0 Å². The maximum absolute atomic E-state index is 12.2. The van der Waals surface area contributed by atoms with Crippen LogP contribution >= 0.6 is 0 Å². The Labute approximate surface area is 137 Å². The number of nitrogens with one attached hydrogen (secondary N) is 3. The molecule has 0 rings (SSSR count). The Kier molecular flexibility index (Phi) is 8.90. The lowest BCUT2D eigenvalue weighted by atomic mass is 10.0. The van der Waals surface area contributed by atoms with E-state index in [2.05, 4.69) is 16.0 Å². The standard InChI is InChI=1S/C15H28N4O4/c1-7-12(20)17-10(4)13(21)18-15(23)19(6)11(8-9(2)3)14(22)16-5/h9-11H,7-8H2,1-6H3,(H,16,22)(H,17,20)(H,18,21,23)/t10-,11+/m1/s1. The molecule has 0 aliphatic heterocycles. The van der Waals surface area contributed by atoms with Crippen molar-refractivity contribution in [2.75, 3.05) is 14.1 Å². The van der Waals surface area contributed by atoms with Crippen LogP contribution in [-0.2, 0) is 14.4 Å². The zero-order valence-electron chi connectivity index (χ0n) is 14.7. The van der Waals surface area contributed by atoms with E-state index in [0.29, 0.717) is 6.42 Å². The quantitative estimate of drug-likeness (QED) is 0.622. The SMILES string of the molecule is CCC(=O)N[C@H](C)C(=O)NC(=O)N(C)[C@@H](CC(C)C)C(=O)NC. The van der Waals surface area contributed by atoms with Crippen molar-refractivity contribution in [1.82, 2.24) is 20.9 Å². The van der Waals surface area contributed by atoms with Gasteiger partial charge in [0.2, 0.25) is 17.7 Å². The van der Waals surface area contributed by atoms with Crippen molar-refractivity contribution >= 4 is 23.8 Å². The van der Waals surface area contributed by atoms with Crippen LogP contribution in [0.25, 0.3) is 0 Å². The van der Waals surface area contributed by atoms with Gasteiger partial charge in [-0.25, -0.2) is 4.79 Å². The minimum absolute atomic E-state index is 0.200. The van der Waals surface area contributed by atoms with E-state index < -0.39 is 24.0 Å². The Morgan fingerprint density at radius 1 is 1.04 bits per heavy atom. The Balaban J connectivity index is 4.81. The van der Waals surface area contributed by atoms with Crippen LogP contribution in [0, 0.1) is 5.92 Å². The summed E-state index contributed by atoms with van der Waals surface area (Å²) in [5, 5.41) is 7.18. The summed E-state index contributed by atoms with van der Waals surface area (Å²) in [4.78, 5) is 48.5. The van der Waals surface area contributed by atoms with Crippen LogP contribution in [0.15, 0.2) is 0 Å². The second-order valence-electron chi connectivity index (χ2n) is 5.81. The summed E-state index contributed by atoms with van der Waals surface area (Å²) in [6, 6.07) is -2.18. The Morgan fingerprint density at radius 3 is 2.04 bits per heavy atom. The highest BCUT2D eigenvalue weighted by atomic mass is 16.2. The molecule has 0 bridgehead atoms. The van der Waals surface area contributed by atoms with Gasteiger partial charge in [-0.15, -0.1) is 0 Å². The van der Waals surface area contributed by atoms with E-state index in [-0.39, 0.29) is 24.2 Å². The molecule has 0 aromatic rings. The van der Waals surface area contributed by atoms with E-state index in [9.17, 15) is 19.2 Å². The summed E-state index contributed by atoms with van der Waals surface area (Å²) >= 11 is 0. The number of nitrogens with zero attached hydrogens (tertiary/aromatic N) is 1. The number of carbonyl (C=O) groups is 4. The molecule has 132 valence electrons. The first-order valence-corrected chi connectivity index (χ1v) is 7.72. The van der Waals surface area contributed by atoms with Crippen molar-refractivity contribution in [1.29, 1.82) is 0 Å². The summed E-state index contributed by atoms with van der Waals surface area (Å²) in [7, 11) is 2.95. The van der Waals surface area contributed by atoms with Gasteiger partial charge in [0.15, 0.2) is 0 Å². The highest BCUT2D eigenvalue weighted by Crippen LogP contribution is 2.10. The number of hydrogen-bond acceptors (Lipinski definition) is 4. The molecule has 0 aliphatic rings. The third-order valence-electron chi connectivity index (χ3n) is 3.35. The molecule has 0 radical (unpaired) electrons. The van der Waals surface area contributed by atoms with Crippen molar-refractivity contribution in [2.45, 2.75) is 52.6 Å². The normalized spacial score (nSPS) is 13.0. The monoisotopic (exact) mass is 328 g/mol. The van der Waals surface area contributed by atoms with Crippen LogP contribution in [0.4, 0.5) is 4.79 Å². The largest absolute Gasteiger partial charge is 0.357 e. The molecule has 8 heteroatoms. The highest BCUT2D eigenvalue weighted by Gasteiger charge is 2.28. The number of likely N-dealkylation sites (N-methyl/N-ethyl adjacent to an activating group) is 2. The summed E-state index contributed by atoms with van der Waals surface area (Å²) in [6.45, 7) is 7.03. The molecule has 8 nitrogen and oxygen atoms in total. The summed E-state index contributed by atoms with van der Waals surface area (Å²) in [6.07, 6.45) is 0.721. The average molecular weight is 328 g/mol. The molecular weight excluding hydrogens is 300 g/mol. The fourth-order valence-corrected chi connectivity index (χ4v) is 1.91. The van der Waals surface area contributed by atoms with Gasteiger partial charge < -0.3 is 15.5 Å². The second-order valence-corrected chi connectivity index (χ2v) is 5.81. The number of urea groups is 1. The molecule has 23 heavy (non-hydrogen) atoms. The molecule has 0 aliphatic carbocycles. The van der Waals surface area contributed by atoms with Crippen molar-refractivity contribution in [3.63, 3.8) is 0 Å². The van der Waals surface area contributed by atoms with Crippen LogP contribution in [0.3, 0.4) is 0 Å². The fraction of sp³-hybridized carbons (Fsp3) is 0.733. The highest BCUT2D eigenvalue weighted by molar-refractivity contribution is 5.99. The zero-order chi connectivity index (χ0) is 18.2. The molecule has 3 N–H and O–H groups in total. The summed E-state index contributed by atoms with van der Waals surface area (Å²) in [5.74, 6) is -0.998. The van der Waals surface area contributed by atoms with Gasteiger partial charge in [-0.05, 0) is 19.3 Å². The van der Waals surface area contributed by atoms with E-state index >= 15 is 0 Å². The maximum Gasteiger partial charge on any atom is 0.324 e. The maximum atomic E-state index is 12.2. The Hall–Kier alpha value is -2.12. The first kappa shape index (κ1) is 20.9. The van der Waals surface area contributed by atoms with Gasteiger partial charge in [0.1, 0.15) is 12.1 Å². The summed E-state index contributed by atoms with van der Waals surface area (Å²) < 4.78 is 0. The van der Waals surface area contributed by atoms with E-state index in [1.54, 1.807) is 6.92 Å². The topological polar surface area (TPSA) is 108 Å². The van der Waals surface area contributed by atoms with E-state index in [4.69, 9.17) is 0 Å². The number of carbonyl (C=O) groups excluding carboxylic acids is 4. The van der Waals surface area contributed by atoms with E-state index in [0.717, 1.165) is 0 Å². The predicted molar refractivity (Wildman–Crippen MR) is 86.5 cm³/mol. The number of imide groups is 1. The first-order valence-electron chi connectivity index (χ1n) is 7.72. The molecular formula is C15H28N4O4. The van der Waals surface area contributed by atoms with E-state index in [1.165, 1.54) is 25.9 Å². The van der Waals surface area contributed by atoms with Gasteiger partial charge in [0, 0.05) is 20.5 Å². The Morgan fingerprint density at radius 2 is 1.61 bits per heavy atom. The molecule has 2 atom stereocenters. The van der Waals surface area contributed by atoms with Crippen LogP contribution in [0.2, 0.25) is 0 Å². The van der Waals surface area contributed by atoms with Gasteiger partial charge in [-0.3, -0.25) is 19.7 Å². The van der Waals surface area contributed by atoms with Crippen molar-refractivity contribution in [2.24, 2.45) is 5.92 Å². The lowest BCUT2D eigenvalue weighted by Gasteiger charge is -2.28. The van der Waals surface area contributed by atoms with Crippen molar-refractivity contribution in [3.8, 4) is 0 Å². The predicted octanol–water partition coefficient (Wildman–Crippen LogP) is 0.230. The molecule has 0 aromatic carbocycles. The van der Waals surface area contributed by atoms with Gasteiger partial charge in [0.25, 0.3) is 0 Å². The van der Waals surface area contributed by atoms with Crippen molar-refractivity contribution < 1.29 is 19.2 Å². The third-order valence-corrected chi connectivity index (χ3v) is 3.35. The molecule has 0 unspecified atom stereocenters. The van der Waals surface area contributed by atoms with Gasteiger partial charge in [-0.1, -0.05) is 20.8 Å². The lowest BCUT2D eigenvalue weighted by molar-refractivity contribution is -0.128. The zero-order valence-corrected chi connectivity index (χ0v) is 14.7. The minimum Gasteiger partial charge on any atom is -0.357 e. The van der Waals surface area contributed by atoms with Crippen LogP contribution in [-0.4, -0.2) is 54.8 Å². The smallest absolute Gasteiger partial charge is 0.324 e. The molecule has 0 saturated heterocycles. The minimum atomic E-state index is -0.830. The lowest BCUT2D eigenvalue weighted by Crippen LogP contribution is -2.54. The number of rotatable bonds is 7. The van der Waals surface area contributed by atoms with E-state index in [1.807, 2.05) is 13.8 Å². The Bertz CT molecular complexity index is 451. The molecule has 0 spiro atoms. The summed E-state index contributed by atoms with van der Waals surface area (Å²) in [5.41, 5.74) is 0. The first-order chi connectivity index (χ1) is 10.6. The molecule has 0 heterocycles. The molecule has 5 amide bonds. The van der Waals surface area contributed by atoms with Gasteiger partial charge >= 0.3 is 6.03 Å². The van der Waals surface area contributed by atoms with Crippen LogP contribution < -0.4 is 16.0 Å².